The first-order valence-electron chi connectivity index (χ1n) is 11.4. The molecule has 5 heteroatoms. The number of nitrogens with zero attached hydrogens (tertiary/aromatic N) is 3. The molecule has 156 valence electrons. The Morgan fingerprint density at radius 2 is 1.78 bits per heavy atom. The largest absolute Gasteiger partial charge is 0.306 e. The van der Waals surface area contributed by atoms with Crippen LogP contribution >= 0.6 is 11.8 Å². The topological polar surface area (TPSA) is 21.8 Å². The number of likely N-dealkylation sites (tertiary alicyclic amines) is 2. The van der Waals surface area contributed by atoms with Gasteiger partial charge in [0.15, 0.2) is 0 Å². The lowest BCUT2D eigenvalue weighted by Gasteiger charge is -2.49. The maximum atomic E-state index is 4.04. The number of hydrogen-bond donors (Lipinski definition) is 1. The highest BCUT2D eigenvalue weighted by molar-refractivity contribution is 8.00. The zero-order valence-corrected chi connectivity index (χ0v) is 19.2. The molecule has 0 bridgehead atoms. The molecule has 4 nitrogen and oxygen atoms in total. The van der Waals surface area contributed by atoms with E-state index in [0.717, 1.165) is 35.8 Å². The van der Waals surface area contributed by atoms with Crippen molar-refractivity contribution < 1.29 is 0 Å². The number of piperidine rings is 2. The average Bonchev–Trinajstić information content (AvgIpc) is 3.31. The summed E-state index contributed by atoms with van der Waals surface area (Å²) in [6.07, 6.45) is 5.60. The summed E-state index contributed by atoms with van der Waals surface area (Å²) in [7, 11) is 7.01. The lowest BCUT2D eigenvalue weighted by molar-refractivity contribution is 0.00170. The van der Waals surface area contributed by atoms with Crippen molar-refractivity contribution in [2.24, 2.45) is 23.7 Å². The Morgan fingerprint density at radius 1 is 1.00 bits per heavy atom. The molecule has 4 aliphatic rings. The molecule has 0 aromatic rings. The standard InChI is InChI=1S/C22H42N4S/c1-14-10-15(2)25(5)16(3)21(14)20-13-27-22(26(20)6)23-19-11-18(19)17-8-7-9-24(4)12-17/h14-23H,7-13H2,1-6H3. The molecule has 4 fully saturated rings. The van der Waals surface area contributed by atoms with E-state index >= 15 is 0 Å². The van der Waals surface area contributed by atoms with Gasteiger partial charge in [0.25, 0.3) is 0 Å². The summed E-state index contributed by atoms with van der Waals surface area (Å²) in [6, 6.07) is 2.89. The van der Waals surface area contributed by atoms with Crippen LogP contribution in [0.2, 0.25) is 0 Å². The first-order valence-corrected chi connectivity index (χ1v) is 12.4. The smallest absolute Gasteiger partial charge is 0.108 e. The molecule has 0 spiro atoms. The van der Waals surface area contributed by atoms with E-state index in [2.05, 4.69) is 73.7 Å². The molecule has 3 heterocycles. The van der Waals surface area contributed by atoms with Crippen molar-refractivity contribution in [1.29, 1.82) is 0 Å². The van der Waals surface area contributed by atoms with Gasteiger partial charge in [-0.3, -0.25) is 10.2 Å². The van der Waals surface area contributed by atoms with Crippen LogP contribution in [-0.4, -0.2) is 84.4 Å². The Balaban J connectivity index is 1.32. The average molecular weight is 395 g/mol. The Bertz CT molecular complexity index is 517. The third-order valence-electron chi connectivity index (χ3n) is 8.49. The van der Waals surface area contributed by atoms with E-state index in [1.165, 1.54) is 44.5 Å². The van der Waals surface area contributed by atoms with Gasteiger partial charge in [-0.25, -0.2) is 0 Å². The van der Waals surface area contributed by atoms with E-state index in [0.29, 0.717) is 17.6 Å². The van der Waals surface area contributed by atoms with Gasteiger partial charge >= 0.3 is 0 Å². The van der Waals surface area contributed by atoms with Crippen LogP contribution < -0.4 is 5.32 Å². The van der Waals surface area contributed by atoms with Gasteiger partial charge in [0.05, 0.1) is 0 Å². The molecule has 1 saturated carbocycles. The highest BCUT2D eigenvalue weighted by atomic mass is 32.2. The van der Waals surface area contributed by atoms with Crippen LogP contribution in [0.5, 0.6) is 0 Å². The number of nitrogens with one attached hydrogen (secondary N) is 1. The second-order valence-corrected chi connectivity index (χ2v) is 11.4. The van der Waals surface area contributed by atoms with Crippen molar-refractivity contribution in [3.8, 4) is 0 Å². The molecule has 3 saturated heterocycles. The van der Waals surface area contributed by atoms with Gasteiger partial charge in [0.1, 0.15) is 5.50 Å². The second kappa shape index (κ2) is 8.14. The van der Waals surface area contributed by atoms with Gasteiger partial charge in [-0.2, -0.15) is 0 Å². The molecule has 27 heavy (non-hydrogen) atoms. The quantitative estimate of drug-likeness (QED) is 0.789. The van der Waals surface area contributed by atoms with Gasteiger partial charge in [0.2, 0.25) is 0 Å². The monoisotopic (exact) mass is 394 g/mol. The molecule has 1 aliphatic carbocycles. The van der Waals surface area contributed by atoms with Crippen molar-refractivity contribution in [2.45, 2.75) is 76.1 Å². The summed E-state index contributed by atoms with van der Waals surface area (Å²) in [6.45, 7) is 9.99. The normalized spacial score (nSPS) is 50.2. The maximum absolute atomic E-state index is 4.04. The SMILES string of the molecule is CC1CC(C)N(C)C(C)C1C1CSC(NC2CC2C2CCCN(C)C2)N1C. The molecule has 9 unspecified atom stereocenters. The molecule has 1 N–H and O–H groups in total. The molecule has 0 radical (unpaired) electrons. The van der Waals surface area contributed by atoms with Crippen LogP contribution in [0.15, 0.2) is 0 Å². The molecule has 9 atom stereocenters. The predicted molar refractivity (Wildman–Crippen MR) is 117 cm³/mol. The molecule has 0 aromatic carbocycles. The van der Waals surface area contributed by atoms with Gasteiger partial charge in [-0.15, -0.1) is 11.8 Å². The van der Waals surface area contributed by atoms with Crippen molar-refractivity contribution in [1.82, 2.24) is 20.0 Å². The van der Waals surface area contributed by atoms with E-state index in [1.807, 2.05) is 0 Å². The summed E-state index contributed by atoms with van der Waals surface area (Å²) in [4.78, 5) is 7.86. The van der Waals surface area contributed by atoms with Crippen LogP contribution in [0.3, 0.4) is 0 Å². The van der Waals surface area contributed by atoms with Gasteiger partial charge in [-0.05, 0) is 90.9 Å². The Morgan fingerprint density at radius 3 is 2.52 bits per heavy atom. The number of thioether (sulfide) groups is 1. The van der Waals surface area contributed by atoms with Crippen LogP contribution in [0.1, 0.15) is 46.5 Å². The Labute approximate surface area is 171 Å². The summed E-state index contributed by atoms with van der Waals surface area (Å²) in [5, 5.41) is 4.04. The fourth-order valence-electron chi connectivity index (χ4n) is 6.52. The van der Waals surface area contributed by atoms with Crippen molar-refractivity contribution in [2.75, 3.05) is 40.0 Å². The first-order chi connectivity index (χ1) is 12.9. The van der Waals surface area contributed by atoms with Crippen LogP contribution in [-0.2, 0) is 0 Å². The number of rotatable bonds is 4. The Hall–Kier alpha value is 0.190. The van der Waals surface area contributed by atoms with E-state index in [9.17, 15) is 0 Å². The summed E-state index contributed by atoms with van der Waals surface area (Å²) < 4.78 is 0. The van der Waals surface area contributed by atoms with E-state index in [1.54, 1.807) is 0 Å². The van der Waals surface area contributed by atoms with Gasteiger partial charge in [-0.1, -0.05) is 6.92 Å². The third kappa shape index (κ3) is 4.09. The second-order valence-electron chi connectivity index (χ2n) is 10.3. The zero-order valence-electron chi connectivity index (χ0n) is 18.4. The molecular weight excluding hydrogens is 352 g/mol. The minimum Gasteiger partial charge on any atom is -0.306 e. The molecule has 4 rings (SSSR count). The third-order valence-corrected chi connectivity index (χ3v) is 9.81. The Kier molecular flexibility index (Phi) is 6.17. The fourth-order valence-corrected chi connectivity index (χ4v) is 8.02. The number of hydrogen-bond acceptors (Lipinski definition) is 5. The van der Waals surface area contributed by atoms with Crippen molar-refractivity contribution in [3.05, 3.63) is 0 Å². The maximum Gasteiger partial charge on any atom is 0.108 e. The molecule has 0 amide bonds. The lowest BCUT2D eigenvalue weighted by Crippen LogP contribution is -2.57. The summed E-state index contributed by atoms with van der Waals surface area (Å²) >= 11 is 2.16. The van der Waals surface area contributed by atoms with E-state index in [-0.39, 0.29) is 0 Å². The predicted octanol–water partition coefficient (Wildman–Crippen LogP) is 3.00. The van der Waals surface area contributed by atoms with Gasteiger partial charge < -0.3 is 9.80 Å². The highest BCUT2D eigenvalue weighted by Crippen LogP contribution is 2.45. The zero-order chi connectivity index (χ0) is 19.3. The van der Waals surface area contributed by atoms with Crippen molar-refractivity contribution in [3.63, 3.8) is 0 Å². The van der Waals surface area contributed by atoms with E-state index < -0.39 is 0 Å². The van der Waals surface area contributed by atoms with E-state index in [4.69, 9.17) is 0 Å². The highest BCUT2D eigenvalue weighted by Gasteiger charge is 2.49. The van der Waals surface area contributed by atoms with Crippen LogP contribution in [0.25, 0.3) is 0 Å². The fraction of sp³-hybridized carbons (Fsp3) is 1.00. The molecule has 0 aromatic heterocycles. The van der Waals surface area contributed by atoms with Crippen molar-refractivity contribution >= 4 is 11.8 Å². The van der Waals surface area contributed by atoms with Crippen LogP contribution in [0.4, 0.5) is 0 Å². The minimum atomic E-state index is 0.523. The lowest BCUT2D eigenvalue weighted by atomic mass is 9.74. The molecule has 3 aliphatic heterocycles. The molecular formula is C22H42N4S. The summed E-state index contributed by atoms with van der Waals surface area (Å²) in [5.41, 5.74) is 0.523. The summed E-state index contributed by atoms with van der Waals surface area (Å²) in [5.74, 6) is 4.77. The van der Waals surface area contributed by atoms with Gasteiger partial charge in [0, 0.05) is 36.5 Å². The minimum absolute atomic E-state index is 0.523. The first kappa shape index (κ1) is 20.5. The van der Waals surface area contributed by atoms with Crippen LogP contribution in [0, 0.1) is 23.7 Å².